The molecule has 1 aromatic heterocycles. The molecule has 2 heterocycles. The van der Waals surface area contributed by atoms with Crippen LogP contribution in [0.25, 0.3) is 0 Å². The summed E-state index contributed by atoms with van der Waals surface area (Å²) in [4.78, 5) is 20.1. The standard InChI is InChI=1S/C14H20N4O2/c1-3-20-13(19)12-9-17-14(18-10(12)2)16-8-11-4-6-15-7-5-11/h4,9,15H,3,5-8H2,1-2H3,(H,16,17,18). The van der Waals surface area contributed by atoms with Crippen LogP contribution in [0.1, 0.15) is 29.4 Å². The third kappa shape index (κ3) is 3.77. The Balaban J connectivity index is 1.98. The van der Waals surface area contributed by atoms with Crippen LogP contribution in [0.3, 0.4) is 0 Å². The highest BCUT2D eigenvalue weighted by Gasteiger charge is 2.12. The average molecular weight is 276 g/mol. The molecule has 0 aromatic carbocycles. The summed E-state index contributed by atoms with van der Waals surface area (Å²) in [6.07, 6.45) is 4.72. The van der Waals surface area contributed by atoms with Gasteiger partial charge in [-0.05, 0) is 26.8 Å². The Kier molecular flexibility index (Phi) is 5.06. The number of rotatable bonds is 5. The fraction of sp³-hybridized carbons (Fsp3) is 0.500. The number of nitrogens with zero attached hydrogens (tertiary/aromatic N) is 2. The second-order valence-corrected chi connectivity index (χ2v) is 4.58. The largest absolute Gasteiger partial charge is 0.462 e. The van der Waals surface area contributed by atoms with E-state index in [4.69, 9.17) is 4.74 Å². The summed E-state index contributed by atoms with van der Waals surface area (Å²) < 4.78 is 4.95. The summed E-state index contributed by atoms with van der Waals surface area (Å²) in [5.41, 5.74) is 2.39. The lowest BCUT2D eigenvalue weighted by Crippen LogP contribution is -2.23. The van der Waals surface area contributed by atoms with E-state index in [-0.39, 0.29) is 5.97 Å². The van der Waals surface area contributed by atoms with Crippen molar-refractivity contribution in [3.8, 4) is 0 Å². The third-order valence-corrected chi connectivity index (χ3v) is 3.11. The molecule has 0 spiro atoms. The smallest absolute Gasteiger partial charge is 0.341 e. The van der Waals surface area contributed by atoms with Gasteiger partial charge in [0.2, 0.25) is 5.95 Å². The second kappa shape index (κ2) is 7.00. The fourth-order valence-electron chi connectivity index (χ4n) is 1.98. The van der Waals surface area contributed by atoms with Crippen molar-refractivity contribution in [2.24, 2.45) is 0 Å². The molecule has 0 atom stereocenters. The van der Waals surface area contributed by atoms with Crippen LogP contribution < -0.4 is 10.6 Å². The van der Waals surface area contributed by atoms with Gasteiger partial charge in [-0.1, -0.05) is 11.6 Å². The summed E-state index contributed by atoms with van der Waals surface area (Å²) in [6.45, 7) is 6.56. The number of carbonyl (C=O) groups excluding carboxylic acids is 1. The Morgan fingerprint density at radius 1 is 1.55 bits per heavy atom. The molecule has 2 rings (SSSR count). The zero-order valence-corrected chi connectivity index (χ0v) is 11.9. The summed E-state index contributed by atoms with van der Waals surface area (Å²) in [5.74, 6) is 0.160. The van der Waals surface area contributed by atoms with Crippen molar-refractivity contribution in [3.05, 3.63) is 29.1 Å². The number of carbonyl (C=O) groups is 1. The zero-order valence-electron chi connectivity index (χ0n) is 11.9. The van der Waals surface area contributed by atoms with E-state index in [1.807, 2.05) is 0 Å². The fourth-order valence-corrected chi connectivity index (χ4v) is 1.98. The molecule has 1 aromatic rings. The van der Waals surface area contributed by atoms with Gasteiger partial charge in [0.05, 0.1) is 17.9 Å². The molecule has 2 N–H and O–H groups in total. The van der Waals surface area contributed by atoms with Gasteiger partial charge in [-0.15, -0.1) is 0 Å². The molecule has 6 heteroatoms. The monoisotopic (exact) mass is 276 g/mol. The predicted octanol–water partition coefficient (Wildman–Crippen LogP) is 1.29. The van der Waals surface area contributed by atoms with Crippen LogP contribution in [0.4, 0.5) is 5.95 Å². The Labute approximate surface area is 118 Å². The SMILES string of the molecule is CCOC(=O)c1cnc(NCC2=CCNCC2)nc1C. The van der Waals surface area contributed by atoms with Crippen LogP contribution in [-0.4, -0.2) is 42.2 Å². The summed E-state index contributed by atoms with van der Waals surface area (Å²) >= 11 is 0. The van der Waals surface area contributed by atoms with Crippen LogP contribution in [-0.2, 0) is 4.74 Å². The van der Waals surface area contributed by atoms with Crippen molar-refractivity contribution in [2.75, 3.05) is 31.6 Å². The number of aromatic nitrogens is 2. The lowest BCUT2D eigenvalue weighted by Gasteiger charge is -2.14. The Hall–Kier alpha value is -1.95. The van der Waals surface area contributed by atoms with Gasteiger partial charge < -0.3 is 15.4 Å². The molecule has 0 aliphatic carbocycles. The van der Waals surface area contributed by atoms with Crippen molar-refractivity contribution in [2.45, 2.75) is 20.3 Å². The molecule has 0 saturated heterocycles. The summed E-state index contributed by atoms with van der Waals surface area (Å²) in [7, 11) is 0. The Morgan fingerprint density at radius 2 is 2.40 bits per heavy atom. The van der Waals surface area contributed by atoms with Crippen molar-refractivity contribution < 1.29 is 9.53 Å². The third-order valence-electron chi connectivity index (χ3n) is 3.11. The van der Waals surface area contributed by atoms with E-state index in [0.29, 0.717) is 23.8 Å². The van der Waals surface area contributed by atoms with Crippen LogP contribution in [0.2, 0.25) is 0 Å². The molecule has 0 amide bonds. The highest BCUT2D eigenvalue weighted by Crippen LogP contribution is 2.10. The first-order valence-electron chi connectivity index (χ1n) is 6.84. The molecule has 0 saturated carbocycles. The summed E-state index contributed by atoms with van der Waals surface area (Å²) in [6, 6.07) is 0. The van der Waals surface area contributed by atoms with Gasteiger partial charge in [0, 0.05) is 19.3 Å². The van der Waals surface area contributed by atoms with Gasteiger partial charge >= 0.3 is 5.97 Å². The second-order valence-electron chi connectivity index (χ2n) is 4.58. The van der Waals surface area contributed by atoms with E-state index in [1.165, 1.54) is 11.8 Å². The number of hydrogen-bond donors (Lipinski definition) is 2. The predicted molar refractivity (Wildman–Crippen MR) is 76.8 cm³/mol. The van der Waals surface area contributed by atoms with E-state index < -0.39 is 0 Å². The van der Waals surface area contributed by atoms with E-state index in [2.05, 4.69) is 26.7 Å². The van der Waals surface area contributed by atoms with Crippen molar-refractivity contribution >= 4 is 11.9 Å². The first-order valence-corrected chi connectivity index (χ1v) is 6.84. The van der Waals surface area contributed by atoms with Gasteiger partial charge in [-0.2, -0.15) is 0 Å². The van der Waals surface area contributed by atoms with Gasteiger partial charge in [0.15, 0.2) is 0 Å². The van der Waals surface area contributed by atoms with Crippen LogP contribution in [0, 0.1) is 6.92 Å². The van der Waals surface area contributed by atoms with Gasteiger partial charge in [-0.3, -0.25) is 0 Å². The zero-order chi connectivity index (χ0) is 14.4. The number of anilines is 1. The minimum atomic E-state index is -0.377. The van der Waals surface area contributed by atoms with Crippen LogP contribution in [0.15, 0.2) is 17.8 Å². The maximum absolute atomic E-state index is 11.6. The molecular formula is C14H20N4O2. The molecule has 6 nitrogen and oxygen atoms in total. The van der Waals surface area contributed by atoms with Crippen molar-refractivity contribution in [3.63, 3.8) is 0 Å². The number of aryl methyl sites for hydroxylation is 1. The van der Waals surface area contributed by atoms with Crippen LogP contribution in [0.5, 0.6) is 0 Å². The van der Waals surface area contributed by atoms with Gasteiger partial charge in [0.1, 0.15) is 0 Å². The highest BCUT2D eigenvalue weighted by atomic mass is 16.5. The average Bonchev–Trinajstić information content (AvgIpc) is 2.46. The molecule has 1 aliphatic heterocycles. The van der Waals surface area contributed by atoms with E-state index in [0.717, 1.165) is 26.1 Å². The van der Waals surface area contributed by atoms with E-state index >= 15 is 0 Å². The topological polar surface area (TPSA) is 76.1 Å². The quantitative estimate of drug-likeness (QED) is 0.623. The van der Waals surface area contributed by atoms with Gasteiger partial charge in [0.25, 0.3) is 0 Å². The maximum atomic E-state index is 11.6. The number of esters is 1. The van der Waals surface area contributed by atoms with Crippen molar-refractivity contribution in [1.82, 2.24) is 15.3 Å². The molecule has 108 valence electrons. The van der Waals surface area contributed by atoms with E-state index in [9.17, 15) is 4.79 Å². The molecule has 1 aliphatic rings. The lowest BCUT2D eigenvalue weighted by atomic mass is 10.1. The lowest BCUT2D eigenvalue weighted by molar-refractivity contribution is 0.0524. The molecule has 20 heavy (non-hydrogen) atoms. The molecule has 0 radical (unpaired) electrons. The Morgan fingerprint density at radius 3 is 3.05 bits per heavy atom. The first kappa shape index (κ1) is 14.5. The Bertz CT molecular complexity index is 514. The molecular weight excluding hydrogens is 256 g/mol. The summed E-state index contributed by atoms with van der Waals surface area (Å²) in [5, 5.41) is 6.45. The number of nitrogens with one attached hydrogen (secondary N) is 2. The number of ether oxygens (including phenoxy) is 1. The number of hydrogen-bond acceptors (Lipinski definition) is 6. The molecule has 0 fully saturated rings. The minimum Gasteiger partial charge on any atom is -0.462 e. The maximum Gasteiger partial charge on any atom is 0.341 e. The minimum absolute atomic E-state index is 0.348. The normalized spacial score (nSPS) is 14.6. The van der Waals surface area contributed by atoms with E-state index in [1.54, 1.807) is 13.8 Å². The highest BCUT2D eigenvalue weighted by molar-refractivity contribution is 5.90. The van der Waals surface area contributed by atoms with Crippen LogP contribution >= 0.6 is 0 Å². The molecule has 0 unspecified atom stereocenters. The first-order chi connectivity index (χ1) is 9.70. The van der Waals surface area contributed by atoms with Crippen molar-refractivity contribution in [1.29, 1.82) is 0 Å². The molecule has 0 bridgehead atoms. The van der Waals surface area contributed by atoms with Gasteiger partial charge in [-0.25, -0.2) is 14.8 Å².